The van der Waals surface area contributed by atoms with Crippen molar-refractivity contribution in [2.75, 3.05) is 27.4 Å². The van der Waals surface area contributed by atoms with Crippen LogP contribution in [0.2, 0.25) is 0 Å². The lowest BCUT2D eigenvalue weighted by atomic mass is 10.4. The van der Waals surface area contributed by atoms with Gasteiger partial charge in [0.1, 0.15) is 12.6 Å². The van der Waals surface area contributed by atoms with Crippen LogP contribution in [0, 0.1) is 0 Å². The van der Waals surface area contributed by atoms with E-state index >= 15 is 0 Å². The molecule has 16 heavy (non-hydrogen) atoms. The average molecular weight is 250 g/mol. The van der Waals surface area contributed by atoms with Crippen molar-refractivity contribution < 1.29 is 23.6 Å². The van der Waals surface area contributed by atoms with Gasteiger partial charge in [0.2, 0.25) is 7.44 Å². The maximum atomic E-state index is 11.9. The topological polar surface area (TPSA) is 75.7 Å². The Morgan fingerprint density at radius 1 is 1.31 bits per heavy atom. The van der Waals surface area contributed by atoms with E-state index in [0.717, 1.165) is 0 Å². The largest absolute Gasteiger partial charge is 0.468 e. The van der Waals surface area contributed by atoms with Crippen LogP contribution in [0.1, 0.15) is 6.92 Å². The summed E-state index contributed by atoms with van der Waals surface area (Å²) in [6.07, 6.45) is 0. The fourth-order valence-corrected chi connectivity index (χ4v) is 3.76. The molecule has 0 amide bonds. The number of hydrazine groups is 1. The van der Waals surface area contributed by atoms with E-state index in [1.54, 1.807) is 6.92 Å². The van der Waals surface area contributed by atoms with E-state index < -0.39 is 25.4 Å². The van der Waals surface area contributed by atoms with Gasteiger partial charge in [-0.1, -0.05) is 0 Å². The minimum atomic E-state index is -2.73. The third-order valence-electron chi connectivity index (χ3n) is 2.40. The molecule has 92 valence electrons. The summed E-state index contributed by atoms with van der Waals surface area (Å²) in [6.45, 7) is 2.93. The third-order valence-corrected chi connectivity index (χ3v) is 4.76. The number of carbonyl (C=O) groups is 2. The van der Waals surface area contributed by atoms with Gasteiger partial charge in [-0.25, -0.2) is 0 Å². The van der Waals surface area contributed by atoms with Crippen LogP contribution in [0.25, 0.3) is 0 Å². The Labute approximate surface area is 93.7 Å². The van der Waals surface area contributed by atoms with Crippen LogP contribution in [0.15, 0.2) is 0 Å². The molecule has 0 aromatic carbocycles. The highest BCUT2D eigenvalue weighted by atomic mass is 31.2. The zero-order valence-electron chi connectivity index (χ0n) is 9.67. The SMILES string of the molecule is COC(=O)CN1N(C(C)C(=O)OC)P1(C)=O. The van der Waals surface area contributed by atoms with Crippen molar-refractivity contribution in [3.63, 3.8) is 0 Å². The van der Waals surface area contributed by atoms with Crippen molar-refractivity contribution in [3.05, 3.63) is 0 Å². The van der Waals surface area contributed by atoms with Crippen molar-refractivity contribution in [3.8, 4) is 0 Å². The lowest BCUT2D eigenvalue weighted by Crippen LogP contribution is -2.30. The molecule has 0 aliphatic carbocycles. The molecule has 4 unspecified atom stereocenters. The standard InChI is InChI=1S/C8H15N2O5P/c1-6(8(12)15-3)10-9(16(10,4)13)5-7(11)14-2/h6H,5H2,1-4H3. The second-order valence-electron chi connectivity index (χ2n) is 3.46. The smallest absolute Gasteiger partial charge is 0.324 e. The normalized spacial score (nSPS) is 34.0. The van der Waals surface area contributed by atoms with E-state index in [-0.39, 0.29) is 6.54 Å². The van der Waals surface area contributed by atoms with E-state index in [1.807, 2.05) is 0 Å². The van der Waals surface area contributed by atoms with Crippen LogP contribution in [0.3, 0.4) is 0 Å². The number of methoxy groups -OCH3 is 2. The van der Waals surface area contributed by atoms with Gasteiger partial charge in [-0.15, -0.1) is 0 Å². The van der Waals surface area contributed by atoms with Crippen molar-refractivity contribution in [2.24, 2.45) is 0 Å². The molecule has 1 saturated heterocycles. The Hall–Kier alpha value is -0.910. The minimum absolute atomic E-state index is 0.119. The molecule has 0 aromatic rings. The highest BCUT2D eigenvalue weighted by molar-refractivity contribution is 7.64. The second kappa shape index (κ2) is 4.53. The van der Waals surface area contributed by atoms with Gasteiger partial charge >= 0.3 is 11.9 Å². The Morgan fingerprint density at radius 2 is 1.88 bits per heavy atom. The van der Waals surface area contributed by atoms with E-state index in [2.05, 4.69) is 9.47 Å². The van der Waals surface area contributed by atoms with Crippen LogP contribution in [-0.4, -0.2) is 55.0 Å². The predicted molar refractivity (Wildman–Crippen MR) is 55.6 cm³/mol. The zero-order chi connectivity index (χ0) is 12.5. The lowest BCUT2D eigenvalue weighted by molar-refractivity contribution is -0.147. The molecule has 0 bridgehead atoms. The number of hydrogen-bond acceptors (Lipinski definition) is 5. The molecule has 8 heteroatoms. The fourth-order valence-electron chi connectivity index (χ4n) is 1.48. The number of carbonyl (C=O) groups excluding carboxylic acids is 2. The highest BCUT2D eigenvalue weighted by Crippen LogP contribution is 2.68. The Bertz CT molecular complexity index is 358. The number of rotatable bonds is 4. The molecule has 4 atom stereocenters. The van der Waals surface area contributed by atoms with Gasteiger partial charge in [-0.2, -0.15) is 9.56 Å². The van der Waals surface area contributed by atoms with Crippen LogP contribution in [0.4, 0.5) is 0 Å². The Morgan fingerprint density at radius 3 is 2.31 bits per heavy atom. The van der Waals surface area contributed by atoms with Crippen LogP contribution in [-0.2, 0) is 23.6 Å². The van der Waals surface area contributed by atoms with E-state index in [0.29, 0.717) is 0 Å². The predicted octanol–water partition coefficient (Wildman–Crippen LogP) is 0.0764. The average Bonchev–Trinajstić information content (AvgIpc) is 2.78. The number of esters is 2. The van der Waals surface area contributed by atoms with Crippen LogP contribution < -0.4 is 0 Å². The molecular weight excluding hydrogens is 235 g/mol. The van der Waals surface area contributed by atoms with Crippen LogP contribution in [0.5, 0.6) is 0 Å². The van der Waals surface area contributed by atoms with Gasteiger partial charge in [0, 0.05) is 6.66 Å². The van der Waals surface area contributed by atoms with E-state index in [9.17, 15) is 14.2 Å². The summed E-state index contributed by atoms with van der Waals surface area (Å²) in [5.74, 6) is -0.990. The molecule has 0 radical (unpaired) electrons. The first-order valence-corrected chi connectivity index (χ1v) is 6.72. The van der Waals surface area contributed by atoms with Crippen molar-refractivity contribution in [1.29, 1.82) is 0 Å². The second-order valence-corrected chi connectivity index (χ2v) is 6.00. The lowest BCUT2D eigenvalue weighted by Gasteiger charge is -2.08. The molecule has 0 aromatic heterocycles. The van der Waals surface area contributed by atoms with E-state index in [1.165, 1.54) is 30.4 Å². The first-order valence-electron chi connectivity index (χ1n) is 4.66. The van der Waals surface area contributed by atoms with Gasteiger partial charge in [-0.3, -0.25) is 14.2 Å². The summed E-state index contributed by atoms with van der Waals surface area (Å²) in [6, 6.07) is -0.662. The molecule has 1 heterocycles. The van der Waals surface area contributed by atoms with Crippen LogP contribution >= 0.6 is 7.44 Å². The summed E-state index contributed by atoms with van der Waals surface area (Å²) in [7, 11) is -0.226. The quantitative estimate of drug-likeness (QED) is 0.397. The molecule has 1 aliphatic heterocycles. The van der Waals surface area contributed by atoms with Crippen molar-refractivity contribution >= 4 is 19.4 Å². The Balaban J connectivity index is 2.67. The van der Waals surface area contributed by atoms with Crippen molar-refractivity contribution in [1.82, 2.24) is 9.56 Å². The van der Waals surface area contributed by atoms with Gasteiger partial charge in [-0.05, 0) is 6.92 Å². The van der Waals surface area contributed by atoms with Gasteiger partial charge in [0.05, 0.1) is 14.2 Å². The van der Waals surface area contributed by atoms with Gasteiger partial charge < -0.3 is 9.47 Å². The molecule has 0 spiro atoms. The van der Waals surface area contributed by atoms with Gasteiger partial charge in [0.15, 0.2) is 0 Å². The minimum Gasteiger partial charge on any atom is -0.468 e. The first kappa shape index (κ1) is 13.2. The fraction of sp³-hybridized carbons (Fsp3) is 0.750. The monoisotopic (exact) mass is 250 g/mol. The van der Waals surface area contributed by atoms with Gasteiger partial charge in [0.25, 0.3) is 0 Å². The summed E-state index contributed by atoms with van der Waals surface area (Å²) in [4.78, 5) is 22.3. The molecule has 7 nitrogen and oxygen atoms in total. The maximum Gasteiger partial charge on any atom is 0.324 e. The summed E-state index contributed by atoms with van der Waals surface area (Å²) in [5, 5.41) is 0. The van der Waals surface area contributed by atoms with E-state index in [4.69, 9.17) is 0 Å². The molecule has 0 N–H and O–H groups in total. The number of hydrogen-bond donors (Lipinski definition) is 0. The first-order chi connectivity index (χ1) is 7.36. The zero-order valence-corrected chi connectivity index (χ0v) is 10.6. The molecule has 0 saturated carbocycles. The molecular formula is C8H15N2O5P. The number of ether oxygens (including phenoxy) is 2. The summed E-state index contributed by atoms with van der Waals surface area (Å²) in [5.41, 5.74) is 0. The molecule has 1 aliphatic rings. The molecule has 1 fully saturated rings. The summed E-state index contributed by atoms with van der Waals surface area (Å²) >= 11 is 0. The number of nitrogens with zero attached hydrogens (tertiary/aromatic N) is 2. The Kier molecular flexibility index (Phi) is 3.72. The summed E-state index contributed by atoms with van der Waals surface area (Å²) < 4.78 is 23.6. The maximum absolute atomic E-state index is 11.9. The third kappa shape index (κ3) is 2.26. The van der Waals surface area contributed by atoms with Crippen molar-refractivity contribution in [2.45, 2.75) is 13.0 Å². The highest BCUT2D eigenvalue weighted by Gasteiger charge is 2.59. The molecule has 1 rings (SSSR count).